The van der Waals surface area contributed by atoms with Crippen LogP contribution in [0, 0.1) is 19.3 Å². The Morgan fingerprint density at radius 3 is 2.85 bits per heavy atom. The number of aromatic nitrogens is 2. The van der Waals surface area contributed by atoms with Crippen molar-refractivity contribution in [3.05, 3.63) is 53.1 Å². The minimum atomic E-state index is -0.431. The fourth-order valence-electron chi connectivity index (χ4n) is 4.43. The first kappa shape index (κ1) is 17.8. The van der Waals surface area contributed by atoms with Gasteiger partial charge in [-0.2, -0.15) is 0 Å². The number of piperidine rings is 1. The zero-order chi connectivity index (χ0) is 19.0. The van der Waals surface area contributed by atoms with E-state index in [0.29, 0.717) is 25.5 Å². The molecule has 2 aliphatic heterocycles. The van der Waals surface area contributed by atoms with Gasteiger partial charge in [0, 0.05) is 38.1 Å². The van der Waals surface area contributed by atoms with E-state index in [4.69, 9.17) is 0 Å². The van der Waals surface area contributed by atoms with Gasteiger partial charge in [-0.3, -0.25) is 9.59 Å². The minimum Gasteiger partial charge on any atom is -0.338 e. The van der Waals surface area contributed by atoms with Gasteiger partial charge in [0.25, 0.3) is 5.91 Å². The Morgan fingerprint density at radius 1 is 1.26 bits per heavy atom. The van der Waals surface area contributed by atoms with E-state index in [1.807, 2.05) is 17.9 Å². The lowest BCUT2D eigenvalue weighted by Gasteiger charge is -2.39. The predicted octanol–water partition coefficient (Wildman–Crippen LogP) is 2.68. The molecular formula is C21H26N4O2. The Bertz CT molecular complexity index is 875. The summed E-state index contributed by atoms with van der Waals surface area (Å²) in [7, 11) is 0. The number of imidazole rings is 1. The van der Waals surface area contributed by atoms with E-state index in [0.717, 1.165) is 37.1 Å². The summed E-state index contributed by atoms with van der Waals surface area (Å²) in [4.78, 5) is 36.9. The summed E-state index contributed by atoms with van der Waals surface area (Å²) in [5.74, 6) is 0.453. The lowest BCUT2D eigenvalue weighted by Crippen LogP contribution is -2.50. The van der Waals surface area contributed by atoms with Crippen molar-refractivity contribution in [2.45, 2.75) is 39.7 Å². The van der Waals surface area contributed by atoms with Crippen LogP contribution in [0.1, 0.15) is 46.7 Å². The highest BCUT2D eigenvalue weighted by Gasteiger charge is 2.49. The molecule has 2 aromatic rings. The van der Waals surface area contributed by atoms with E-state index in [2.05, 4.69) is 35.1 Å². The first-order valence-electron chi connectivity index (χ1n) is 9.63. The zero-order valence-electron chi connectivity index (χ0n) is 16.0. The lowest BCUT2D eigenvalue weighted by atomic mass is 9.78. The number of amides is 2. The van der Waals surface area contributed by atoms with Crippen molar-refractivity contribution >= 4 is 11.8 Å². The Hall–Kier alpha value is -2.63. The number of benzene rings is 1. The van der Waals surface area contributed by atoms with Crippen molar-refractivity contribution in [3.8, 4) is 0 Å². The number of carbonyl (C=O) groups excluding carboxylic acids is 2. The number of carbonyl (C=O) groups is 2. The van der Waals surface area contributed by atoms with Gasteiger partial charge in [-0.25, -0.2) is 4.98 Å². The molecule has 27 heavy (non-hydrogen) atoms. The smallest absolute Gasteiger partial charge is 0.289 e. The molecule has 1 unspecified atom stereocenters. The first-order valence-corrected chi connectivity index (χ1v) is 9.63. The molecule has 0 radical (unpaired) electrons. The molecule has 1 spiro atoms. The molecule has 3 heterocycles. The molecule has 2 fully saturated rings. The van der Waals surface area contributed by atoms with E-state index < -0.39 is 5.41 Å². The molecule has 1 aromatic carbocycles. The van der Waals surface area contributed by atoms with Crippen molar-refractivity contribution in [2.75, 3.05) is 19.6 Å². The molecule has 1 N–H and O–H groups in total. The fourth-order valence-corrected chi connectivity index (χ4v) is 4.43. The third-order valence-corrected chi connectivity index (χ3v) is 5.83. The van der Waals surface area contributed by atoms with Crippen LogP contribution in [0.5, 0.6) is 0 Å². The second-order valence-electron chi connectivity index (χ2n) is 7.99. The van der Waals surface area contributed by atoms with Crippen LogP contribution in [0.25, 0.3) is 0 Å². The highest BCUT2D eigenvalue weighted by atomic mass is 16.2. The van der Waals surface area contributed by atoms with Gasteiger partial charge in [0.15, 0.2) is 5.82 Å². The van der Waals surface area contributed by atoms with Crippen molar-refractivity contribution in [3.63, 3.8) is 0 Å². The van der Waals surface area contributed by atoms with Crippen molar-refractivity contribution in [2.24, 2.45) is 5.41 Å². The third-order valence-electron chi connectivity index (χ3n) is 5.83. The van der Waals surface area contributed by atoms with Gasteiger partial charge in [0.05, 0.1) is 5.41 Å². The number of nitrogens with zero attached hydrogens (tertiary/aromatic N) is 3. The average molecular weight is 366 g/mol. The summed E-state index contributed by atoms with van der Waals surface area (Å²) >= 11 is 0. The first-order chi connectivity index (χ1) is 13.0. The SMILES string of the molecule is Cc1cccc(CN2CCCC3(CCN(C(=O)c4ncc(C)[nH]4)C3)C2=O)c1. The van der Waals surface area contributed by atoms with E-state index in [-0.39, 0.29) is 11.8 Å². The summed E-state index contributed by atoms with van der Waals surface area (Å²) in [6.07, 6.45) is 4.24. The summed E-state index contributed by atoms with van der Waals surface area (Å²) in [6.45, 7) is 6.49. The van der Waals surface area contributed by atoms with Crippen molar-refractivity contribution < 1.29 is 9.59 Å². The standard InChI is InChI=1S/C21H26N4O2/c1-15-5-3-6-17(11-15)13-24-9-4-7-21(20(24)27)8-10-25(14-21)19(26)18-22-12-16(2)23-18/h3,5-6,11-12H,4,7-10,13-14H2,1-2H3,(H,22,23). The number of aromatic amines is 1. The van der Waals surface area contributed by atoms with Crippen LogP contribution in [0.2, 0.25) is 0 Å². The molecule has 0 bridgehead atoms. The van der Waals surface area contributed by atoms with E-state index >= 15 is 0 Å². The van der Waals surface area contributed by atoms with Crippen LogP contribution in [0.4, 0.5) is 0 Å². The molecule has 4 rings (SSSR count). The average Bonchev–Trinajstić information content (AvgIpc) is 3.26. The van der Waals surface area contributed by atoms with Crippen LogP contribution in [0.15, 0.2) is 30.5 Å². The van der Waals surface area contributed by atoms with E-state index in [9.17, 15) is 9.59 Å². The highest BCUT2D eigenvalue weighted by Crippen LogP contribution is 2.40. The van der Waals surface area contributed by atoms with Gasteiger partial charge in [0.2, 0.25) is 5.91 Å². The minimum absolute atomic E-state index is 0.108. The Kier molecular flexibility index (Phi) is 4.50. The second-order valence-corrected chi connectivity index (χ2v) is 7.99. The lowest BCUT2D eigenvalue weighted by molar-refractivity contribution is -0.146. The topological polar surface area (TPSA) is 69.3 Å². The molecule has 2 amide bonds. The van der Waals surface area contributed by atoms with Crippen LogP contribution in [-0.4, -0.2) is 51.2 Å². The van der Waals surface area contributed by atoms with Crippen molar-refractivity contribution in [1.29, 1.82) is 0 Å². The maximum Gasteiger partial charge on any atom is 0.289 e. The molecule has 2 aliphatic rings. The van der Waals surface area contributed by atoms with Crippen LogP contribution < -0.4 is 0 Å². The van der Waals surface area contributed by atoms with Gasteiger partial charge in [-0.15, -0.1) is 0 Å². The summed E-state index contributed by atoms with van der Waals surface area (Å²) in [5.41, 5.74) is 2.81. The molecule has 6 nitrogen and oxygen atoms in total. The molecule has 6 heteroatoms. The summed E-state index contributed by atoms with van der Waals surface area (Å²) < 4.78 is 0. The molecule has 0 saturated carbocycles. The molecular weight excluding hydrogens is 340 g/mol. The molecule has 1 aromatic heterocycles. The second kappa shape index (κ2) is 6.83. The number of hydrogen-bond donors (Lipinski definition) is 1. The van der Waals surface area contributed by atoms with Crippen LogP contribution in [0.3, 0.4) is 0 Å². The largest absolute Gasteiger partial charge is 0.338 e. The normalized spacial score (nSPS) is 22.7. The number of aryl methyl sites for hydroxylation is 2. The van der Waals surface area contributed by atoms with Crippen LogP contribution >= 0.6 is 0 Å². The molecule has 1 atom stereocenters. The quantitative estimate of drug-likeness (QED) is 0.908. The maximum atomic E-state index is 13.3. The fraction of sp³-hybridized carbons (Fsp3) is 0.476. The number of nitrogens with one attached hydrogen (secondary N) is 1. The van der Waals surface area contributed by atoms with Crippen LogP contribution in [-0.2, 0) is 11.3 Å². The Balaban J connectivity index is 1.48. The molecule has 2 saturated heterocycles. The maximum absolute atomic E-state index is 13.3. The van der Waals surface area contributed by atoms with E-state index in [1.54, 1.807) is 11.1 Å². The summed E-state index contributed by atoms with van der Waals surface area (Å²) in [5, 5.41) is 0. The Labute approximate surface area is 159 Å². The predicted molar refractivity (Wildman–Crippen MR) is 102 cm³/mol. The van der Waals surface area contributed by atoms with Crippen molar-refractivity contribution in [1.82, 2.24) is 19.8 Å². The van der Waals surface area contributed by atoms with Gasteiger partial charge < -0.3 is 14.8 Å². The number of rotatable bonds is 3. The molecule has 142 valence electrons. The van der Waals surface area contributed by atoms with Gasteiger partial charge in [-0.05, 0) is 38.7 Å². The monoisotopic (exact) mass is 366 g/mol. The number of H-pyrrole nitrogens is 1. The number of likely N-dealkylation sites (tertiary alicyclic amines) is 2. The molecule has 0 aliphatic carbocycles. The van der Waals surface area contributed by atoms with Gasteiger partial charge in [0.1, 0.15) is 0 Å². The summed E-state index contributed by atoms with van der Waals surface area (Å²) in [6, 6.07) is 8.32. The third kappa shape index (κ3) is 3.36. The van der Waals surface area contributed by atoms with Gasteiger partial charge >= 0.3 is 0 Å². The highest BCUT2D eigenvalue weighted by molar-refractivity contribution is 5.92. The Morgan fingerprint density at radius 2 is 2.11 bits per heavy atom. The van der Waals surface area contributed by atoms with E-state index in [1.165, 1.54) is 5.56 Å². The number of hydrogen-bond acceptors (Lipinski definition) is 3. The zero-order valence-corrected chi connectivity index (χ0v) is 16.0. The van der Waals surface area contributed by atoms with Gasteiger partial charge in [-0.1, -0.05) is 29.8 Å².